The van der Waals surface area contributed by atoms with Crippen LogP contribution in [0.5, 0.6) is 0 Å². The Balaban J connectivity index is 1.67. The molecular formula is C38H16B8O. The maximum absolute atomic E-state index is 6.94. The summed E-state index contributed by atoms with van der Waals surface area (Å²) in [6.45, 7) is 0. The van der Waals surface area contributed by atoms with E-state index in [0.29, 0.717) is 38.3 Å². The van der Waals surface area contributed by atoms with Gasteiger partial charge in [-0.2, -0.15) is 0 Å². The van der Waals surface area contributed by atoms with Crippen molar-refractivity contribution in [3.05, 3.63) is 97.1 Å². The van der Waals surface area contributed by atoms with Crippen molar-refractivity contribution in [2.45, 2.75) is 0 Å². The van der Waals surface area contributed by atoms with Gasteiger partial charge in [-0.3, -0.25) is 0 Å². The molecule has 0 unspecified atom stereocenters. The average Bonchev–Trinajstić information content (AvgIpc) is 3.50. The second kappa shape index (κ2) is 11.0. The number of rotatable bonds is 3. The third-order valence-electron chi connectivity index (χ3n) is 9.26. The molecule has 0 aliphatic carbocycles. The van der Waals surface area contributed by atoms with Gasteiger partial charge >= 0.3 is 0 Å². The van der Waals surface area contributed by atoms with Crippen LogP contribution in [0.15, 0.2) is 101 Å². The normalized spacial score (nSPS) is 11.7. The first kappa shape index (κ1) is 29.8. The van der Waals surface area contributed by atoms with E-state index in [9.17, 15) is 0 Å². The van der Waals surface area contributed by atoms with Gasteiger partial charge in [-0.1, -0.05) is 113 Å². The average molecular weight is 575 g/mol. The largest absolute Gasteiger partial charge is 0.455 e. The van der Waals surface area contributed by atoms with Gasteiger partial charge < -0.3 is 4.42 Å². The standard InChI is InChI=1S/C38H16B8O/c39-30-26-23(18-11-5-2-6-12-18)27-29(33(42)37(46)35(44)31(27)40)25(28(26)32(41)36(45)34(30)43)20-14-8-16-22-24(20)21-15-7-13-19(38(21)47-22)17-9-3-1-4-10-17/h1-16H. The topological polar surface area (TPSA) is 13.1 Å². The third-order valence-corrected chi connectivity index (χ3v) is 9.26. The molecule has 9 heteroatoms. The zero-order chi connectivity index (χ0) is 32.7. The molecular weight excluding hydrogens is 559 g/mol. The summed E-state index contributed by atoms with van der Waals surface area (Å²) in [5.41, 5.74) is 7.99. The Labute approximate surface area is 283 Å². The summed E-state index contributed by atoms with van der Waals surface area (Å²) >= 11 is 0. The molecule has 8 aromatic rings. The summed E-state index contributed by atoms with van der Waals surface area (Å²) in [4.78, 5) is 0. The molecule has 0 bridgehead atoms. The van der Waals surface area contributed by atoms with Crippen LogP contribution in [0, 0.1) is 0 Å². The molecule has 0 saturated heterocycles. The second-order valence-corrected chi connectivity index (χ2v) is 11.8. The smallest absolute Gasteiger partial charge is 0.143 e. The molecule has 0 amide bonds. The molecule has 1 aromatic heterocycles. The zero-order valence-electron chi connectivity index (χ0n) is 25.3. The number of para-hydroxylation sites is 1. The van der Waals surface area contributed by atoms with E-state index >= 15 is 0 Å². The van der Waals surface area contributed by atoms with Crippen molar-refractivity contribution in [3.8, 4) is 33.4 Å². The van der Waals surface area contributed by atoms with E-state index < -0.39 is 0 Å². The van der Waals surface area contributed by atoms with Gasteiger partial charge in [-0.05, 0) is 55.4 Å². The van der Waals surface area contributed by atoms with Crippen molar-refractivity contribution in [2.75, 3.05) is 0 Å². The molecule has 0 fully saturated rings. The minimum Gasteiger partial charge on any atom is -0.455 e. The van der Waals surface area contributed by atoms with Crippen LogP contribution in [0.2, 0.25) is 0 Å². The fourth-order valence-corrected chi connectivity index (χ4v) is 7.01. The first-order chi connectivity index (χ1) is 22.7. The van der Waals surface area contributed by atoms with Gasteiger partial charge in [0, 0.05) is 16.3 Å². The Hall–Kier alpha value is -4.62. The summed E-state index contributed by atoms with van der Waals surface area (Å²) in [5.74, 6) is 0. The molecule has 0 spiro atoms. The van der Waals surface area contributed by atoms with Crippen LogP contribution in [0.3, 0.4) is 0 Å². The van der Waals surface area contributed by atoms with Crippen molar-refractivity contribution in [1.29, 1.82) is 0 Å². The van der Waals surface area contributed by atoms with Crippen molar-refractivity contribution < 1.29 is 4.42 Å². The molecule has 16 radical (unpaired) electrons. The van der Waals surface area contributed by atoms with Gasteiger partial charge in [0.05, 0.1) is 0 Å². The highest BCUT2D eigenvalue weighted by Crippen LogP contribution is 2.45. The molecule has 1 heterocycles. The van der Waals surface area contributed by atoms with Crippen LogP contribution < -0.4 is 43.7 Å². The van der Waals surface area contributed by atoms with Gasteiger partial charge in [0.25, 0.3) is 0 Å². The lowest BCUT2D eigenvalue weighted by Gasteiger charge is -2.28. The third kappa shape index (κ3) is 4.22. The van der Waals surface area contributed by atoms with Crippen LogP contribution in [0.4, 0.5) is 0 Å². The fraction of sp³-hybridized carbons (Fsp3) is 0. The lowest BCUT2D eigenvalue weighted by Crippen LogP contribution is -2.50. The zero-order valence-corrected chi connectivity index (χ0v) is 25.3. The van der Waals surface area contributed by atoms with Gasteiger partial charge in [0.2, 0.25) is 0 Å². The van der Waals surface area contributed by atoms with Crippen molar-refractivity contribution in [2.24, 2.45) is 0 Å². The highest BCUT2D eigenvalue weighted by molar-refractivity contribution is 6.71. The molecule has 47 heavy (non-hydrogen) atoms. The second-order valence-electron chi connectivity index (χ2n) is 11.8. The molecule has 198 valence electrons. The van der Waals surface area contributed by atoms with E-state index in [4.69, 9.17) is 67.2 Å². The quantitative estimate of drug-likeness (QED) is 0.229. The summed E-state index contributed by atoms with van der Waals surface area (Å²) in [5, 5.41) is 4.03. The first-order valence-electron chi connectivity index (χ1n) is 15.0. The molecule has 0 saturated carbocycles. The van der Waals surface area contributed by atoms with Crippen LogP contribution in [-0.2, 0) is 0 Å². The van der Waals surface area contributed by atoms with Crippen LogP contribution in [-0.4, -0.2) is 62.8 Å². The molecule has 0 aliphatic heterocycles. The van der Waals surface area contributed by atoms with E-state index in [-0.39, 0.29) is 43.7 Å². The molecule has 0 N–H and O–H groups in total. The minimum absolute atomic E-state index is 0.167. The van der Waals surface area contributed by atoms with Crippen LogP contribution >= 0.6 is 0 Å². The summed E-state index contributed by atoms with van der Waals surface area (Å²) in [7, 11) is 53.8. The maximum Gasteiger partial charge on any atom is 0.143 e. The number of fused-ring (bicyclic) bond motifs is 5. The van der Waals surface area contributed by atoms with Gasteiger partial charge in [-0.15, -0.1) is 21.9 Å². The van der Waals surface area contributed by atoms with Gasteiger partial charge in [0.15, 0.2) is 0 Å². The SMILES string of the molecule is [B]c1c([B])c([B])c2c(-c3cccc4oc5c(-c6ccccc6)cccc5c34)c3c([B])c([B])c([B])c([B])c3c(-c3ccccc3)c2c1[B]. The van der Waals surface area contributed by atoms with E-state index in [0.717, 1.165) is 38.6 Å². The maximum atomic E-state index is 6.94. The lowest BCUT2D eigenvalue weighted by atomic mass is 9.59. The van der Waals surface area contributed by atoms with Crippen LogP contribution in [0.25, 0.3) is 76.9 Å². The highest BCUT2D eigenvalue weighted by atomic mass is 16.3. The van der Waals surface area contributed by atoms with Crippen molar-refractivity contribution in [3.63, 3.8) is 0 Å². The highest BCUT2D eigenvalue weighted by Gasteiger charge is 2.26. The predicted molar refractivity (Wildman–Crippen MR) is 208 cm³/mol. The lowest BCUT2D eigenvalue weighted by molar-refractivity contribution is 0.670. The summed E-state index contributed by atoms with van der Waals surface area (Å²) in [6.07, 6.45) is 0. The van der Waals surface area contributed by atoms with Gasteiger partial charge in [-0.25, -0.2) is 0 Å². The Bertz CT molecular complexity index is 2510. The Kier molecular flexibility index (Phi) is 6.95. The van der Waals surface area contributed by atoms with E-state index in [1.807, 2.05) is 84.9 Å². The van der Waals surface area contributed by atoms with Crippen molar-refractivity contribution in [1.82, 2.24) is 0 Å². The monoisotopic (exact) mass is 576 g/mol. The van der Waals surface area contributed by atoms with Crippen LogP contribution in [0.1, 0.15) is 0 Å². The number of hydrogen-bond acceptors (Lipinski definition) is 1. The summed E-state index contributed by atoms with van der Waals surface area (Å²) < 4.78 is 6.61. The number of benzene rings is 7. The Morgan fingerprint density at radius 3 is 1.32 bits per heavy atom. The van der Waals surface area contributed by atoms with E-state index in [1.54, 1.807) is 0 Å². The minimum atomic E-state index is 0.167. The molecule has 1 nitrogen and oxygen atoms in total. The molecule has 7 aromatic carbocycles. The van der Waals surface area contributed by atoms with Crippen molar-refractivity contribution >= 4 is 150 Å². The first-order valence-corrected chi connectivity index (χ1v) is 15.0. The van der Waals surface area contributed by atoms with Gasteiger partial charge in [0.1, 0.15) is 73.9 Å². The van der Waals surface area contributed by atoms with E-state index in [1.165, 1.54) is 0 Å². The Morgan fingerprint density at radius 2 is 0.787 bits per heavy atom. The number of furan rings is 1. The molecule has 0 aliphatic rings. The fourth-order valence-electron chi connectivity index (χ4n) is 7.01. The predicted octanol–water partition coefficient (Wildman–Crippen LogP) is 1.24. The van der Waals surface area contributed by atoms with E-state index in [2.05, 4.69) is 12.1 Å². The molecule has 0 atom stereocenters. The number of hydrogen-bond donors (Lipinski definition) is 0. The molecule has 8 rings (SSSR count). The Morgan fingerprint density at radius 1 is 0.340 bits per heavy atom. The summed E-state index contributed by atoms with van der Waals surface area (Å²) in [6, 6.07) is 31.7.